The van der Waals surface area contributed by atoms with Crippen molar-refractivity contribution in [2.45, 2.75) is 33.1 Å². The molecule has 0 bridgehead atoms. The summed E-state index contributed by atoms with van der Waals surface area (Å²) in [4.78, 5) is 0. The molecule has 0 saturated carbocycles. The van der Waals surface area contributed by atoms with Crippen molar-refractivity contribution in [3.8, 4) is 17.6 Å². The largest absolute Gasteiger partial charge is 0.491 e. The van der Waals surface area contributed by atoms with E-state index in [9.17, 15) is 4.39 Å². The molecule has 0 aromatic heterocycles. The summed E-state index contributed by atoms with van der Waals surface area (Å²) in [5.41, 5.74) is 2.92. The van der Waals surface area contributed by atoms with Crippen LogP contribution in [0.15, 0.2) is 42.5 Å². The topological polar surface area (TPSA) is 9.23 Å². The molecule has 0 heterocycles. The maximum Gasteiger partial charge on any atom is 0.166 e. The minimum absolute atomic E-state index is 0.272. The quantitative estimate of drug-likeness (QED) is 0.708. The predicted molar refractivity (Wildman–Crippen MR) is 88.6 cm³/mol. The summed E-state index contributed by atoms with van der Waals surface area (Å²) < 4.78 is 18.9. The molecule has 22 heavy (non-hydrogen) atoms. The van der Waals surface area contributed by atoms with E-state index in [1.807, 2.05) is 19.1 Å². The summed E-state index contributed by atoms with van der Waals surface area (Å²) in [6.07, 6.45) is 3.51. The van der Waals surface area contributed by atoms with Crippen molar-refractivity contribution in [3.05, 3.63) is 65.0 Å². The highest BCUT2D eigenvalue weighted by Crippen LogP contribution is 2.17. The van der Waals surface area contributed by atoms with Crippen LogP contribution in [0.3, 0.4) is 0 Å². The number of unbranched alkanes of at least 4 members (excludes halogenated alkanes) is 1. The summed E-state index contributed by atoms with van der Waals surface area (Å²) in [6, 6.07) is 13.1. The van der Waals surface area contributed by atoms with Crippen molar-refractivity contribution in [1.82, 2.24) is 0 Å². The number of halogens is 1. The van der Waals surface area contributed by atoms with Gasteiger partial charge in [0, 0.05) is 11.1 Å². The lowest BCUT2D eigenvalue weighted by Gasteiger charge is -2.03. The number of aryl methyl sites for hydroxylation is 1. The fraction of sp³-hybridized carbons (Fsp3) is 0.300. The molecular formula is C20H21FO. The van der Waals surface area contributed by atoms with Crippen molar-refractivity contribution in [2.75, 3.05) is 6.61 Å². The number of hydrogen-bond acceptors (Lipinski definition) is 1. The van der Waals surface area contributed by atoms with E-state index in [0.29, 0.717) is 12.2 Å². The third-order valence-electron chi connectivity index (χ3n) is 3.36. The van der Waals surface area contributed by atoms with E-state index in [2.05, 4.69) is 30.9 Å². The molecule has 114 valence electrons. The normalized spacial score (nSPS) is 9.95. The van der Waals surface area contributed by atoms with Crippen LogP contribution in [-0.4, -0.2) is 6.61 Å². The van der Waals surface area contributed by atoms with Crippen LogP contribution in [0.4, 0.5) is 4.39 Å². The van der Waals surface area contributed by atoms with Crippen molar-refractivity contribution in [2.24, 2.45) is 0 Å². The molecule has 2 aromatic rings. The first-order valence-corrected chi connectivity index (χ1v) is 7.76. The van der Waals surface area contributed by atoms with Crippen LogP contribution in [0, 0.1) is 17.7 Å². The van der Waals surface area contributed by atoms with Gasteiger partial charge >= 0.3 is 0 Å². The maximum atomic E-state index is 13.7. The molecule has 2 aromatic carbocycles. The lowest BCUT2D eigenvalue weighted by atomic mass is 10.1. The van der Waals surface area contributed by atoms with Gasteiger partial charge in [0.2, 0.25) is 0 Å². The SMILES string of the molecule is CCCCc1ccc(C#Cc2ccc(OCC)c(F)c2)cc1. The highest BCUT2D eigenvalue weighted by atomic mass is 19.1. The Balaban J connectivity index is 2.08. The van der Waals surface area contributed by atoms with E-state index in [0.717, 1.165) is 12.0 Å². The Hall–Kier alpha value is -2.27. The van der Waals surface area contributed by atoms with E-state index in [4.69, 9.17) is 4.74 Å². The van der Waals surface area contributed by atoms with Gasteiger partial charge in [0.05, 0.1) is 6.61 Å². The highest BCUT2D eigenvalue weighted by Gasteiger charge is 2.02. The molecule has 2 rings (SSSR count). The summed E-state index contributed by atoms with van der Waals surface area (Å²) in [5.74, 6) is 5.95. The molecule has 0 fully saturated rings. The average molecular weight is 296 g/mol. The van der Waals surface area contributed by atoms with Crippen molar-refractivity contribution in [3.63, 3.8) is 0 Å². The lowest BCUT2D eigenvalue weighted by Crippen LogP contribution is -1.94. The minimum atomic E-state index is -0.372. The molecular weight excluding hydrogens is 275 g/mol. The van der Waals surface area contributed by atoms with Crippen LogP contribution in [-0.2, 0) is 6.42 Å². The monoisotopic (exact) mass is 296 g/mol. The van der Waals surface area contributed by atoms with Gasteiger partial charge in [-0.05, 0) is 55.7 Å². The summed E-state index contributed by atoms with van der Waals surface area (Å²) in [6.45, 7) is 4.47. The highest BCUT2D eigenvalue weighted by molar-refractivity contribution is 5.45. The maximum absolute atomic E-state index is 13.7. The number of ether oxygens (including phenoxy) is 1. The van der Waals surface area contributed by atoms with Gasteiger partial charge in [0.1, 0.15) is 0 Å². The molecule has 0 aliphatic heterocycles. The zero-order valence-electron chi connectivity index (χ0n) is 13.2. The minimum Gasteiger partial charge on any atom is -0.491 e. The van der Waals surface area contributed by atoms with E-state index in [-0.39, 0.29) is 11.6 Å². The third-order valence-corrected chi connectivity index (χ3v) is 3.36. The Bertz CT molecular complexity index is 662. The Kier molecular flexibility index (Phi) is 6.03. The van der Waals surface area contributed by atoms with Gasteiger partial charge in [-0.3, -0.25) is 0 Å². The van der Waals surface area contributed by atoms with Gasteiger partial charge in [-0.25, -0.2) is 4.39 Å². The zero-order valence-corrected chi connectivity index (χ0v) is 13.2. The van der Waals surface area contributed by atoms with Gasteiger partial charge in [-0.15, -0.1) is 0 Å². The molecule has 0 aliphatic rings. The first-order valence-electron chi connectivity index (χ1n) is 7.76. The van der Waals surface area contributed by atoms with Crippen molar-refractivity contribution in [1.29, 1.82) is 0 Å². The summed E-state index contributed by atoms with van der Waals surface area (Å²) in [7, 11) is 0. The van der Waals surface area contributed by atoms with Crippen LogP contribution < -0.4 is 4.74 Å². The van der Waals surface area contributed by atoms with Gasteiger partial charge in [0.25, 0.3) is 0 Å². The van der Waals surface area contributed by atoms with Gasteiger partial charge in [-0.2, -0.15) is 0 Å². The molecule has 0 atom stereocenters. The van der Waals surface area contributed by atoms with Crippen LogP contribution >= 0.6 is 0 Å². The van der Waals surface area contributed by atoms with Gasteiger partial charge < -0.3 is 4.74 Å². The first kappa shape index (κ1) is 16.1. The molecule has 0 radical (unpaired) electrons. The lowest BCUT2D eigenvalue weighted by molar-refractivity contribution is 0.321. The smallest absolute Gasteiger partial charge is 0.166 e. The number of benzene rings is 2. The number of rotatable bonds is 5. The Morgan fingerprint density at radius 3 is 2.27 bits per heavy atom. The Morgan fingerprint density at radius 1 is 0.955 bits per heavy atom. The molecule has 2 heteroatoms. The van der Waals surface area contributed by atoms with E-state index in [1.165, 1.54) is 24.5 Å². The van der Waals surface area contributed by atoms with Crippen LogP contribution in [0.5, 0.6) is 5.75 Å². The fourth-order valence-corrected chi connectivity index (χ4v) is 2.13. The second-order valence-corrected chi connectivity index (χ2v) is 5.13. The molecule has 0 spiro atoms. The van der Waals surface area contributed by atoms with Crippen LogP contribution in [0.2, 0.25) is 0 Å². The Labute approximate surface area is 132 Å². The van der Waals surface area contributed by atoms with E-state index >= 15 is 0 Å². The Morgan fingerprint density at radius 2 is 1.64 bits per heavy atom. The van der Waals surface area contributed by atoms with Crippen molar-refractivity contribution < 1.29 is 9.13 Å². The average Bonchev–Trinajstić information content (AvgIpc) is 2.54. The van der Waals surface area contributed by atoms with Gasteiger partial charge in [-0.1, -0.05) is 37.3 Å². The second kappa shape index (κ2) is 8.24. The zero-order chi connectivity index (χ0) is 15.8. The van der Waals surface area contributed by atoms with E-state index < -0.39 is 0 Å². The standard InChI is InChI=1S/C20H21FO/c1-3-5-6-16-7-9-17(10-8-16)11-12-18-13-14-20(22-4-2)19(21)15-18/h7-10,13-15H,3-6H2,1-2H3. The first-order chi connectivity index (χ1) is 10.7. The molecule has 0 aliphatic carbocycles. The number of hydrogen-bond donors (Lipinski definition) is 0. The van der Waals surface area contributed by atoms with Crippen LogP contribution in [0.1, 0.15) is 43.4 Å². The van der Waals surface area contributed by atoms with Crippen molar-refractivity contribution >= 4 is 0 Å². The summed E-state index contributed by atoms with van der Waals surface area (Å²) in [5, 5.41) is 0. The third kappa shape index (κ3) is 4.63. The predicted octanol–water partition coefficient (Wildman–Crippen LogP) is 4.97. The van der Waals surface area contributed by atoms with E-state index in [1.54, 1.807) is 12.1 Å². The second-order valence-electron chi connectivity index (χ2n) is 5.13. The molecule has 0 amide bonds. The fourth-order valence-electron chi connectivity index (χ4n) is 2.13. The van der Waals surface area contributed by atoms with Gasteiger partial charge in [0.15, 0.2) is 11.6 Å². The summed E-state index contributed by atoms with van der Waals surface area (Å²) >= 11 is 0. The molecule has 1 nitrogen and oxygen atoms in total. The molecule has 0 saturated heterocycles. The van der Waals surface area contributed by atoms with Crippen LogP contribution in [0.25, 0.3) is 0 Å². The molecule has 0 unspecified atom stereocenters. The molecule has 0 N–H and O–H groups in total.